The van der Waals surface area contributed by atoms with E-state index in [-0.39, 0.29) is 38.6 Å². The summed E-state index contributed by atoms with van der Waals surface area (Å²) in [6, 6.07) is 25.2. The molecule has 0 bridgehead atoms. The van der Waals surface area contributed by atoms with Gasteiger partial charge in [-0.2, -0.15) is 0 Å². The summed E-state index contributed by atoms with van der Waals surface area (Å²) in [6.07, 6.45) is 0.170. The van der Waals surface area contributed by atoms with Gasteiger partial charge in [-0.05, 0) is 60.5 Å². The van der Waals surface area contributed by atoms with Gasteiger partial charge in [0.15, 0.2) is 0 Å². The molecule has 0 spiro atoms. The van der Waals surface area contributed by atoms with E-state index in [1.54, 1.807) is 43.3 Å². The summed E-state index contributed by atoms with van der Waals surface area (Å²) in [6.45, 7) is 1.36. The average molecular weight is 693 g/mol. The zero-order chi connectivity index (χ0) is 31.9. The van der Waals surface area contributed by atoms with Gasteiger partial charge in [-0.15, -0.1) is 0 Å². The van der Waals surface area contributed by atoms with Crippen LogP contribution in [0.15, 0.2) is 102 Å². The molecule has 1 unspecified atom stereocenters. The first-order valence-corrected chi connectivity index (χ1v) is 16.5. The van der Waals surface area contributed by atoms with Crippen LogP contribution in [0.3, 0.4) is 0 Å². The summed E-state index contributed by atoms with van der Waals surface area (Å²) in [7, 11) is -4.32. The van der Waals surface area contributed by atoms with Gasteiger partial charge in [0.25, 0.3) is 10.0 Å². The van der Waals surface area contributed by atoms with Crippen LogP contribution in [0.25, 0.3) is 0 Å². The lowest BCUT2D eigenvalue weighted by atomic mass is 10.0. The molecule has 230 valence electrons. The predicted molar refractivity (Wildman–Crippen MR) is 177 cm³/mol. The third-order valence-corrected chi connectivity index (χ3v) is 9.81. The van der Waals surface area contributed by atoms with Crippen molar-refractivity contribution >= 4 is 73.9 Å². The number of likely N-dealkylation sites (N-methyl/N-ethyl adjacent to an activating group) is 1. The van der Waals surface area contributed by atoms with Crippen molar-refractivity contribution in [3.8, 4) is 0 Å². The Kier molecular flexibility index (Phi) is 11.6. The first-order valence-electron chi connectivity index (χ1n) is 13.6. The van der Waals surface area contributed by atoms with Crippen molar-refractivity contribution in [2.45, 2.75) is 30.8 Å². The van der Waals surface area contributed by atoms with Crippen molar-refractivity contribution in [2.75, 3.05) is 17.4 Å². The van der Waals surface area contributed by atoms with Gasteiger partial charge >= 0.3 is 0 Å². The van der Waals surface area contributed by atoms with E-state index in [1.165, 1.54) is 35.2 Å². The molecule has 0 radical (unpaired) electrons. The maximum absolute atomic E-state index is 14.4. The van der Waals surface area contributed by atoms with Crippen LogP contribution >= 0.6 is 46.4 Å². The maximum Gasteiger partial charge on any atom is 0.264 e. The van der Waals surface area contributed by atoms with E-state index in [0.29, 0.717) is 17.1 Å². The minimum absolute atomic E-state index is 0.0171. The second-order valence-corrected chi connectivity index (χ2v) is 13.3. The highest BCUT2D eigenvalue weighted by Crippen LogP contribution is 2.33. The number of rotatable bonds is 12. The van der Waals surface area contributed by atoms with Crippen molar-refractivity contribution < 1.29 is 18.0 Å². The molecule has 0 saturated heterocycles. The summed E-state index contributed by atoms with van der Waals surface area (Å²) in [4.78, 5) is 29.3. The summed E-state index contributed by atoms with van der Waals surface area (Å²) in [5, 5.41) is 3.71. The Balaban J connectivity index is 1.83. The fourth-order valence-electron chi connectivity index (χ4n) is 4.59. The number of nitrogens with zero attached hydrogens (tertiary/aromatic N) is 2. The van der Waals surface area contributed by atoms with Crippen molar-refractivity contribution in [3.05, 3.63) is 128 Å². The molecule has 0 aliphatic carbocycles. The molecule has 7 nitrogen and oxygen atoms in total. The number of carbonyl (C=O) groups is 2. The molecule has 4 aromatic carbocycles. The van der Waals surface area contributed by atoms with Gasteiger partial charge in [0, 0.05) is 24.5 Å². The van der Waals surface area contributed by atoms with Gasteiger partial charge in [-0.1, -0.05) is 101 Å². The van der Waals surface area contributed by atoms with Crippen LogP contribution in [-0.4, -0.2) is 44.3 Å². The molecule has 44 heavy (non-hydrogen) atoms. The lowest BCUT2D eigenvalue weighted by Crippen LogP contribution is -2.53. The van der Waals surface area contributed by atoms with Crippen LogP contribution in [0.4, 0.5) is 5.69 Å². The van der Waals surface area contributed by atoms with Crippen LogP contribution in [0.5, 0.6) is 0 Å². The standard InChI is InChI=1S/C32H29Cl4N3O4S/c1-2-37-32(41)30(18-22-9-5-3-6-10-22)38(20-23-13-15-26(34)28(36)17-23)31(40)21-39(29-19-24(33)14-16-27(29)35)44(42,43)25-11-7-4-8-12-25/h3-17,19,30H,2,18,20-21H2,1H3,(H,37,41). The van der Waals surface area contributed by atoms with Gasteiger partial charge in [-0.25, -0.2) is 8.42 Å². The molecular weight excluding hydrogens is 664 g/mol. The second kappa shape index (κ2) is 15.1. The molecule has 4 aromatic rings. The Bertz CT molecular complexity index is 1720. The molecule has 0 aliphatic rings. The highest BCUT2D eigenvalue weighted by Gasteiger charge is 2.35. The van der Waals surface area contributed by atoms with Crippen LogP contribution in [0.1, 0.15) is 18.1 Å². The van der Waals surface area contributed by atoms with E-state index in [9.17, 15) is 18.0 Å². The molecule has 0 aromatic heterocycles. The summed E-state index contributed by atoms with van der Waals surface area (Å²) < 4.78 is 29.0. The molecular formula is C32H29Cl4N3O4S. The Morgan fingerprint density at radius 1 is 0.773 bits per heavy atom. The number of anilines is 1. The van der Waals surface area contributed by atoms with Gasteiger partial charge in [0.2, 0.25) is 11.8 Å². The number of amides is 2. The van der Waals surface area contributed by atoms with E-state index in [2.05, 4.69) is 5.32 Å². The fourth-order valence-corrected chi connectivity index (χ4v) is 6.79. The van der Waals surface area contributed by atoms with E-state index in [0.717, 1.165) is 9.87 Å². The number of sulfonamides is 1. The normalized spacial score (nSPS) is 11.9. The summed E-state index contributed by atoms with van der Waals surface area (Å²) in [5.41, 5.74) is 1.42. The minimum atomic E-state index is -4.32. The zero-order valence-electron chi connectivity index (χ0n) is 23.6. The zero-order valence-corrected chi connectivity index (χ0v) is 27.4. The number of hydrogen-bond donors (Lipinski definition) is 1. The Labute approximate surface area is 277 Å². The van der Waals surface area contributed by atoms with E-state index in [4.69, 9.17) is 46.4 Å². The molecule has 4 rings (SSSR count). The summed E-state index contributed by atoms with van der Waals surface area (Å²) in [5.74, 6) is -1.05. The largest absolute Gasteiger partial charge is 0.355 e. The maximum atomic E-state index is 14.4. The van der Waals surface area contributed by atoms with Crippen LogP contribution in [0, 0.1) is 0 Å². The highest BCUT2D eigenvalue weighted by atomic mass is 35.5. The minimum Gasteiger partial charge on any atom is -0.355 e. The van der Waals surface area contributed by atoms with E-state index in [1.807, 2.05) is 30.3 Å². The lowest BCUT2D eigenvalue weighted by Gasteiger charge is -2.34. The fraction of sp³-hybridized carbons (Fsp3) is 0.188. The quantitative estimate of drug-likeness (QED) is 0.169. The molecule has 2 amide bonds. The predicted octanol–water partition coefficient (Wildman–Crippen LogP) is 7.27. The first kappa shape index (κ1) is 33.6. The summed E-state index contributed by atoms with van der Waals surface area (Å²) >= 11 is 25.2. The van der Waals surface area contributed by atoms with Gasteiger partial charge in [0.05, 0.1) is 25.7 Å². The average Bonchev–Trinajstić information content (AvgIpc) is 3.01. The Morgan fingerprint density at radius 2 is 1.41 bits per heavy atom. The Hall–Kier alpha value is -3.27. The van der Waals surface area contributed by atoms with Gasteiger partial charge in [0.1, 0.15) is 12.6 Å². The van der Waals surface area contributed by atoms with Gasteiger partial charge in [-0.3, -0.25) is 13.9 Å². The molecule has 1 N–H and O–H groups in total. The molecule has 1 atom stereocenters. The van der Waals surface area contributed by atoms with E-state index < -0.39 is 34.4 Å². The number of carbonyl (C=O) groups excluding carboxylic acids is 2. The second-order valence-electron chi connectivity index (χ2n) is 9.79. The Morgan fingerprint density at radius 3 is 2.05 bits per heavy atom. The van der Waals surface area contributed by atoms with E-state index >= 15 is 0 Å². The van der Waals surface area contributed by atoms with Crippen LogP contribution < -0.4 is 9.62 Å². The third-order valence-electron chi connectivity index (χ3n) is 6.75. The highest BCUT2D eigenvalue weighted by molar-refractivity contribution is 7.92. The van der Waals surface area contributed by atoms with Crippen molar-refractivity contribution in [1.82, 2.24) is 10.2 Å². The number of hydrogen-bond acceptors (Lipinski definition) is 4. The molecule has 0 saturated carbocycles. The topological polar surface area (TPSA) is 86.8 Å². The van der Waals surface area contributed by atoms with Crippen molar-refractivity contribution in [1.29, 1.82) is 0 Å². The first-order chi connectivity index (χ1) is 21.0. The molecule has 12 heteroatoms. The molecule has 0 fully saturated rings. The number of halogens is 4. The monoisotopic (exact) mass is 691 g/mol. The van der Waals surface area contributed by atoms with Crippen molar-refractivity contribution in [3.63, 3.8) is 0 Å². The number of benzene rings is 4. The van der Waals surface area contributed by atoms with Crippen LogP contribution in [0.2, 0.25) is 20.1 Å². The lowest BCUT2D eigenvalue weighted by molar-refractivity contribution is -0.140. The SMILES string of the molecule is CCNC(=O)C(Cc1ccccc1)N(Cc1ccc(Cl)c(Cl)c1)C(=O)CN(c1cc(Cl)ccc1Cl)S(=O)(=O)c1ccccc1. The molecule has 0 aliphatic heterocycles. The number of nitrogens with one attached hydrogen (secondary N) is 1. The van der Waals surface area contributed by atoms with Gasteiger partial charge < -0.3 is 10.2 Å². The smallest absolute Gasteiger partial charge is 0.264 e. The third kappa shape index (κ3) is 8.25. The van der Waals surface area contributed by atoms with Crippen molar-refractivity contribution in [2.24, 2.45) is 0 Å². The van der Waals surface area contributed by atoms with Crippen LogP contribution in [-0.2, 0) is 32.6 Å². The molecule has 0 heterocycles.